The molecule has 0 aliphatic carbocycles. The summed E-state index contributed by atoms with van der Waals surface area (Å²) in [6.07, 6.45) is 1.72. The molecule has 5 heteroatoms. The lowest BCUT2D eigenvalue weighted by molar-refractivity contribution is 0.127. The van der Waals surface area contributed by atoms with E-state index < -0.39 is 0 Å². The van der Waals surface area contributed by atoms with Gasteiger partial charge >= 0.3 is 0 Å². The van der Waals surface area contributed by atoms with Crippen molar-refractivity contribution in [3.8, 4) is 0 Å². The van der Waals surface area contributed by atoms with Crippen LogP contribution in [0.15, 0.2) is 35.3 Å². The highest BCUT2D eigenvalue weighted by atomic mass is 16.5. The van der Waals surface area contributed by atoms with E-state index in [1.54, 1.807) is 19.4 Å². The lowest BCUT2D eigenvalue weighted by Gasteiger charge is -2.25. The highest BCUT2D eigenvalue weighted by Gasteiger charge is 2.16. The second-order valence-electron chi connectivity index (χ2n) is 5.19. The van der Waals surface area contributed by atoms with E-state index in [1.165, 1.54) is 4.40 Å². The van der Waals surface area contributed by atoms with Crippen molar-refractivity contribution in [3.05, 3.63) is 46.5 Å². The monoisotopic (exact) mass is 261 g/mol. The summed E-state index contributed by atoms with van der Waals surface area (Å²) < 4.78 is 6.67. The predicted octanol–water partition coefficient (Wildman–Crippen LogP) is 1.21. The number of fused-ring (bicyclic) bond motifs is 1. The molecule has 0 atom stereocenters. The van der Waals surface area contributed by atoms with E-state index in [2.05, 4.69) is 10.3 Å². The van der Waals surface area contributed by atoms with Crippen LogP contribution in [0, 0.1) is 0 Å². The number of rotatable bonds is 5. The summed E-state index contributed by atoms with van der Waals surface area (Å²) in [5.74, 6) is 0. The van der Waals surface area contributed by atoms with Gasteiger partial charge in [0.05, 0.1) is 12.3 Å². The van der Waals surface area contributed by atoms with Crippen LogP contribution in [0.1, 0.15) is 19.5 Å². The first-order valence-electron chi connectivity index (χ1n) is 6.23. The minimum atomic E-state index is -0.154. The molecule has 0 aliphatic rings. The predicted molar refractivity (Wildman–Crippen MR) is 74.3 cm³/mol. The Morgan fingerprint density at radius 1 is 1.42 bits per heavy atom. The van der Waals surface area contributed by atoms with Crippen molar-refractivity contribution in [1.29, 1.82) is 0 Å². The Bertz CT molecular complexity index is 619. The molecule has 102 valence electrons. The maximum absolute atomic E-state index is 11.9. The third-order valence-corrected chi connectivity index (χ3v) is 2.88. The molecule has 0 spiro atoms. The fourth-order valence-electron chi connectivity index (χ4n) is 1.94. The van der Waals surface area contributed by atoms with Gasteiger partial charge in [0.15, 0.2) is 0 Å². The molecule has 0 aromatic carbocycles. The Morgan fingerprint density at radius 2 is 2.21 bits per heavy atom. The number of aromatic nitrogens is 2. The second kappa shape index (κ2) is 5.50. The van der Waals surface area contributed by atoms with E-state index in [0.717, 1.165) is 5.69 Å². The molecule has 1 N–H and O–H groups in total. The highest BCUT2D eigenvalue weighted by Crippen LogP contribution is 2.05. The third-order valence-electron chi connectivity index (χ3n) is 2.88. The van der Waals surface area contributed by atoms with Crippen molar-refractivity contribution >= 4 is 5.65 Å². The Hall–Kier alpha value is -1.72. The quantitative estimate of drug-likeness (QED) is 0.879. The average molecular weight is 261 g/mol. The van der Waals surface area contributed by atoms with Crippen LogP contribution in [0.4, 0.5) is 0 Å². The van der Waals surface area contributed by atoms with Crippen LogP contribution in [-0.2, 0) is 11.3 Å². The standard InChI is InChI=1S/C14H19N3O2/c1-14(2,10-19-3)15-9-11-8-13(18)17-7-5-4-6-12(17)16-11/h4-8,15H,9-10H2,1-3H3. The van der Waals surface area contributed by atoms with Crippen LogP contribution in [0.5, 0.6) is 0 Å². The molecule has 2 heterocycles. The zero-order valence-electron chi connectivity index (χ0n) is 11.5. The largest absolute Gasteiger partial charge is 0.383 e. The molecule has 0 unspecified atom stereocenters. The Morgan fingerprint density at radius 3 is 2.95 bits per heavy atom. The third kappa shape index (κ3) is 3.39. The van der Waals surface area contributed by atoms with E-state index in [4.69, 9.17) is 4.74 Å². The summed E-state index contributed by atoms with van der Waals surface area (Å²) in [4.78, 5) is 16.4. The summed E-state index contributed by atoms with van der Waals surface area (Å²) in [6, 6.07) is 7.07. The van der Waals surface area contributed by atoms with Crippen LogP contribution in [0.25, 0.3) is 5.65 Å². The molecule has 5 nitrogen and oxygen atoms in total. The molecule has 2 aromatic heterocycles. The van der Waals surface area contributed by atoms with Crippen LogP contribution >= 0.6 is 0 Å². The smallest absolute Gasteiger partial charge is 0.258 e. The highest BCUT2D eigenvalue weighted by molar-refractivity contribution is 5.37. The van der Waals surface area contributed by atoms with Gasteiger partial charge in [0.25, 0.3) is 5.56 Å². The molecular weight excluding hydrogens is 242 g/mol. The second-order valence-corrected chi connectivity index (χ2v) is 5.19. The zero-order valence-corrected chi connectivity index (χ0v) is 11.5. The topological polar surface area (TPSA) is 55.6 Å². The molecule has 0 bridgehead atoms. The van der Waals surface area contributed by atoms with Crippen molar-refractivity contribution in [1.82, 2.24) is 14.7 Å². The lowest BCUT2D eigenvalue weighted by Crippen LogP contribution is -2.43. The van der Waals surface area contributed by atoms with Crippen molar-refractivity contribution in [2.45, 2.75) is 25.9 Å². The van der Waals surface area contributed by atoms with Crippen molar-refractivity contribution in [3.63, 3.8) is 0 Å². The summed E-state index contributed by atoms with van der Waals surface area (Å²) >= 11 is 0. The SMILES string of the molecule is COCC(C)(C)NCc1cc(=O)n2ccccc2n1. The molecule has 0 amide bonds. The van der Waals surface area contributed by atoms with Gasteiger partial charge in [-0.2, -0.15) is 0 Å². The molecule has 0 aliphatic heterocycles. The Labute approximate surface area is 112 Å². The van der Waals surface area contributed by atoms with Crippen LogP contribution in [0.3, 0.4) is 0 Å². The maximum atomic E-state index is 11.9. The van der Waals surface area contributed by atoms with Crippen molar-refractivity contribution in [2.24, 2.45) is 0 Å². The van der Waals surface area contributed by atoms with Crippen molar-refractivity contribution < 1.29 is 4.74 Å². The Balaban J connectivity index is 2.20. The summed E-state index contributed by atoms with van der Waals surface area (Å²) in [5.41, 5.74) is 1.18. The summed E-state index contributed by atoms with van der Waals surface area (Å²) in [6.45, 7) is 5.23. The van der Waals surface area contributed by atoms with E-state index >= 15 is 0 Å². The van der Waals surface area contributed by atoms with Crippen LogP contribution in [-0.4, -0.2) is 28.6 Å². The molecule has 0 radical (unpaired) electrons. The molecule has 19 heavy (non-hydrogen) atoms. The first-order valence-corrected chi connectivity index (χ1v) is 6.23. The fourth-order valence-corrected chi connectivity index (χ4v) is 1.94. The van der Waals surface area contributed by atoms with E-state index in [1.807, 2.05) is 32.0 Å². The van der Waals surface area contributed by atoms with Gasteiger partial charge in [-0.25, -0.2) is 4.98 Å². The first-order chi connectivity index (χ1) is 9.02. The number of ether oxygens (including phenoxy) is 1. The van der Waals surface area contributed by atoms with Crippen molar-refractivity contribution in [2.75, 3.05) is 13.7 Å². The Kier molecular flexibility index (Phi) is 3.97. The maximum Gasteiger partial charge on any atom is 0.258 e. The van der Waals surface area contributed by atoms with E-state index in [-0.39, 0.29) is 11.1 Å². The number of methoxy groups -OCH3 is 1. The minimum Gasteiger partial charge on any atom is -0.383 e. The van der Waals surface area contributed by atoms with Gasteiger partial charge in [0.1, 0.15) is 5.65 Å². The van der Waals surface area contributed by atoms with Gasteiger partial charge in [-0.3, -0.25) is 9.20 Å². The number of hydrogen-bond acceptors (Lipinski definition) is 4. The molecular formula is C14H19N3O2. The first kappa shape index (κ1) is 13.7. The van der Waals surface area contributed by atoms with Gasteiger partial charge in [-0.15, -0.1) is 0 Å². The number of pyridine rings is 1. The van der Waals surface area contributed by atoms with Crippen LogP contribution in [0.2, 0.25) is 0 Å². The molecule has 2 rings (SSSR count). The van der Waals surface area contributed by atoms with Gasteiger partial charge in [-0.05, 0) is 26.0 Å². The van der Waals surface area contributed by atoms with Gasteiger partial charge in [0.2, 0.25) is 0 Å². The lowest BCUT2D eigenvalue weighted by atomic mass is 10.1. The van der Waals surface area contributed by atoms with Gasteiger partial charge < -0.3 is 10.1 Å². The molecule has 0 saturated heterocycles. The fraction of sp³-hybridized carbons (Fsp3) is 0.429. The number of hydrogen-bond donors (Lipinski definition) is 1. The minimum absolute atomic E-state index is 0.0630. The molecule has 2 aromatic rings. The van der Waals surface area contributed by atoms with Crippen LogP contribution < -0.4 is 10.9 Å². The average Bonchev–Trinajstić information content (AvgIpc) is 2.37. The van der Waals surface area contributed by atoms with E-state index in [0.29, 0.717) is 18.8 Å². The number of nitrogens with zero attached hydrogens (tertiary/aromatic N) is 2. The summed E-state index contributed by atoms with van der Waals surface area (Å²) in [5, 5.41) is 3.33. The number of nitrogens with one attached hydrogen (secondary N) is 1. The zero-order chi connectivity index (χ0) is 13.9. The normalized spacial score (nSPS) is 11.9. The summed E-state index contributed by atoms with van der Waals surface area (Å²) in [7, 11) is 1.67. The van der Waals surface area contributed by atoms with Gasteiger partial charge in [-0.1, -0.05) is 6.07 Å². The van der Waals surface area contributed by atoms with Gasteiger partial charge in [0, 0.05) is 31.5 Å². The molecule has 0 saturated carbocycles. The molecule has 0 fully saturated rings. The van der Waals surface area contributed by atoms with E-state index in [9.17, 15) is 4.79 Å².